The summed E-state index contributed by atoms with van der Waals surface area (Å²) in [5.41, 5.74) is 1.23. The van der Waals surface area contributed by atoms with E-state index in [0.717, 1.165) is 17.8 Å². The average molecular weight is 280 g/mol. The summed E-state index contributed by atoms with van der Waals surface area (Å²) in [6, 6.07) is 10.9. The fraction of sp³-hybridized carbons (Fsp3) is 0.231. The van der Waals surface area contributed by atoms with Crippen molar-refractivity contribution in [3.63, 3.8) is 0 Å². The van der Waals surface area contributed by atoms with Crippen LogP contribution in [0.15, 0.2) is 40.8 Å². The van der Waals surface area contributed by atoms with E-state index in [1.54, 1.807) is 12.1 Å². The second-order valence-electron chi connectivity index (χ2n) is 4.29. The van der Waals surface area contributed by atoms with Gasteiger partial charge < -0.3 is 9.73 Å². The van der Waals surface area contributed by atoms with Crippen LogP contribution in [-0.4, -0.2) is 14.7 Å². The van der Waals surface area contributed by atoms with Gasteiger partial charge in [0, 0.05) is 0 Å². The molecule has 0 saturated heterocycles. The molecule has 0 unspecified atom stereocenters. The smallest absolute Gasteiger partial charge is 0.229 e. The van der Waals surface area contributed by atoms with Gasteiger partial charge in [-0.25, -0.2) is 8.42 Å². The average Bonchev–Trinajstić information content (AvgIpc) is 2.72. The lowest BCUT2D eigenvalue weighted by molar-refractivity contribution is 0.490. The van der Waals surface area contributed by atoms with Crippen molar-refractivity contribution in [2.75, 3.05) is 16.3 Å². The van der Waals surface area contributed by atoms with Gasteiger partial charge in [0.2, 0.25) is 10.0 Å². The van der Waals surface area contributed by atoms with Crippen molar-refractivity contribution in [1.29, 1.82) is 0 Å². The van der Waals surface area contributed by atoms with Crippen LogP contribution in [0, 0.1) is 6.92 Å². The minimum Gasteiger partial charge on any atom is -0.465 e. The number of hydrogen-bond acceptors (Lipinski definition) is 4. The topological polar surface area (TPSA) is 71.3 Å². The van der Waals surface area contributed by atoms with Gasteiger partial charge in [0.1, 0.15) is 11.5 Å². The first kappa shape index (κ1) is 13.5. The van der Waals surface area contributed by atoms with Crippen molar-refractivity contribution < 1.29 is 12.8 Å². The molecule has 2 rings (SSSR count). The summed E-state index contributed by atoms with van der Waals surface area (Å²) in [6.45, 7) is 2.37. The van der Waals surface area contributed by atoms with Gasteiger partial charge in [0.15, 0.2) is 0 Å². The van der Waals surface area contributed by atoms with E-state index in [1.807, 2.05) is 31.2 Å². The van der Waals surface area contributed by atoms with E-state index in [0.29, 0.717) is 17.9 Å². The van der Waals surface area contributed by atoms with Gasteiger partial charge in [0.25, 0.3) is 0 Å². The second-order valence-corrected chi connectivity index (χ2v) is 6.03. The molecule has 6 heteroatoms. The second kappa shape index (κ2) is 5.36. The zero-order valence-corrected chi connectivity index (χ0v) is 11.6. The molecule has 0 amide bonds. The summed E-state index contributed by atoms with van der Waals surface area (Å²) in [4.78, 5) is 0. The molecule has 19 heavy (non-hydrogen) atoms. The minimum atomic E-state index is -3.29. The molecule has 0 aliphatic carbocycles. The Morgan fingerprint density at radius 1 is 1.11 bits per heavy atom. The van der Waals surface area contributed by atoms with Gasteiger partial charge in [-0.05, 0) is 31.2 Å². The van der Waals surface area contributed by atoms with Crippen molar-refractivity contribution in [1.82, 2.24) is 0 Å². The van der Waals surface area contributed by atoms with Crippen LogP contribution >= 0.6 is 0 Å². The Hall–Kier alpha value is -1.95. The third-order valence-corrected chi connectivity index (χ3v) is 3.06. The summed E-state index contributed by atoms with van der Waals surface area (Å²) in [5, 5.41) is 3.14. The Morgan fingerprint density at radius 2 is 1.79 bits per heavy atom. The fourth-order valence-electron chi connectivity index (χ4n) is 1.69. The molecule has 0 fully saturated rings. The highest BCUT2D eigenvalue weighted by molar-refractivity contribution is 7.92. The van der Waals surface area contributed by atoms with Gasteiger partial charge in [-0.3, -0.25) is 4.72 Å². The Morgan fingerprint density at radius 3 is 2.37 bits per heavy atom. The van der Waals surface area contributed by atoms with E-state index in [2.05, 4.69) is 10.0 Å². The molecule has 1 heterocycles. The summed E-state index contributed by atoms with van der Waals surface area (Å²) in [6.07, 6.45) is 1.12. The molecule has 0 bridgehead atoms. The normalized spacial score (nSPS) is 11.3. The van der Waals surface area contributed by atoms with Gasteiger partial charge in [0.05, 0.1) is 24.2 Å². The van der Waals surface area contributed by atoms with Crippen molar-refractivity contribution in [3.8, 4) is 0 Å². The molecular formula is C13H16N2O3S. The summed E-state index contributed by atoms with van der Waals surface area (Å²) >= 11 is 0. The molecular weight excluding hydrogens is 264 g/mol. The monoisotopic (exact) mass is 280 g/mol. The van der Waals surface area contributed by atoms with E-state index in [9.17, 15) is 8.42 Å². The maximum Gasteiger partial charge on any atom is 0.229 e. The van der Waals surface area contributed by atoms with Crippen LogP contribution in [0.2, 0.25) is 0 Å². The molecule has 1 aromatic heterocycles. The number of anilines is 2. The van der Waals surface area contributed by atoms with Crippen molar-refractivity contribution in [3.05, 3.63) is 47.9 Å². The lowest BCUT2D eigenvalue weighted by Crippen LogP contribution is -2.11. The highest BCUT2D eigenvalue weighted by atomic mass is 32.2. The number of para-hydroxylation sites is 2. The first-order valence-corrected chi connectivity index (χ1v) is 7.69. The first-order chi connectivity index (χ1) is 8.94. The van der Waals surface area contributed by atoms with Crippen molar-refractivity contribution in [2.45, 2.75) is 13.5 Å². The summed E-state index contributed by atoms with van der Waals surface area (Å²) in [7, 11) is -3.29. The van der Waals surface area contributed by atoms with Crippen LogP contribution < -0.4 is 10.0 Å². The van der Waals surface area contributed by atoms with Crippen LogP contribution in [-0.2, 0) is 16.6 Å². The standard InChI is InChI=1S/C13H16N2O3S/c1-10-7-8-11(18-10)9-14-12-5-3-4-6-13(12)15-19(2,16)17/h3-8,14-15H,9H2,1-2H3. The predicted octanol–water partition coefficient (Wildman–Crippen LogP) is 2.57. The number of nitrogens with one attached hydrogen (secondary N) is 2. The number of furan rings is 1. The van der Waals surface area contributed by atoms with E-state index < -0.39 is 10.0 Å². The molecule has 0 spiro atoms. The Labute approximate surface area is 112 Å². The predicted molar refractivity (Wildman–Crippen MR) is 75.7 cm³/mol. The van der Waals surface area contributed by atoms with Crippen molar-refractivity contribution >= 4 is 21.4 Å². The van der Waals surface area contributed by atoms with E-state index >= 15 is 0 Å². The molecule has 2 aromatic rings. The van der Waals surface area contributed by atoms with Gasteiger partial charge in [-0.2, -0.15) is 0 Å². The largest absolute Gasteiger partial charge is 0.465 e. The first-order valence-electron chi connectivity index (χ1n) is 5.80. The Balaban J connectivity index is 2.11. The van der Waals surface area contributed by atoms with E-state index in [-0.39, 0.29) is 0 Å². The summed E-state index contributed by atoms with van der Waals surface area (Å²) in [5.74, 6) is 1.64. The van der Waals surface area contributed by atoms with Crippen LogP contribution in [0.4, 0.5) is 11.4 Å². The van der Waals surface area contributed by atoms with Crippen LogP contribution in [0.3, 0.4) is 0 Å². The SMILES string of the molecule is Cc1ccc(CNc2ccccc2NS(C)(=O)=O)o1. The maximum absolute atomic E-state index is 11.3. The quantitative estimate of drug-likeness (QED) is 0.883. The lowest BCUT2D eigenvalue weighted by atomic mass is 10.2. The van der Waals surface area contributed by atoms with Crippen LogP contribution in [0.5, 0.6) is 0 Å². The van der Waals surface area contributed by atoms with Crippen LogP contribution in [0.1, 0.15) is 11.5 Å². The minimum absolute atomic E-state index is 0.496. The molecule has 0 aliphatic heterocycles. The highest BCUT2D eigenvalue weighted by Crippen LogP contribution is 2.22. The number of hydrogen-bond donors (Lipinski definition) is 2. The third kappa shape index (κ3) is 4.03. The molecule has 5 nitrogen and oxygen atoms in total. The van der Waals surface area contributed by atoms with Gasteiger partial charge in [-0.15, -0.1) is 0 Å². The number of aryl methyl sites for hydroxylation is 1. The van der Waals surface area contributed by atoms with Gasteiger partial charge >= 0.3 is 0 Å². The third-order valence-electron chi connectivity index (χ3n) is 2.47. The molecule has 0 radical (unpaired) electrons. The number of sulfonamides is 1. The van der Waals surface area contributed by atoms with Crippen LogP contribution in [0.25, 0.3) is 0 Å². The zero-order valence-electron chi connectivity index (χ0n) is 10.8. The molecule has 0 atom stereocenters. The zero-order chi connectivity index (χ0) is 13.9. The summed E-state index contributed by atoms with van der Waals surface area (Å²) < 4.78 is 30.5. The molecule has 1 aromatic carbocycles. The van der Waals surface area contributed by atoms with Crippen molar-refractivity contribution in [2.24, 2.45) is 0 Å². The Bertz CT molecular complexity index is 662. The molecule has 0 aliphatic rings. The molecule has 102 valence electrons. The number of rotatable bonds is 5. The lowest BCUT2D eigenvalue weighted by Gasteiger charge is -2.11. The Kier molecular flexibility index (Phi) is 3.80. The van der Waals surface area contributed by atoms with E-state index in [1.165, 1.54) is 0 Å². The van der Waals surface area contributed by atoms with Gasteiger partial charge in [-0.1, -0.05) is 12.1 Å². The number of benzene rings is 1. The fourth-order valence-corrected chi connectivity index (χ4v) is 2.27. The molecule has 0 saturated carbocycles. The highest BCUT2D eigenvalue weighted by Gasteiger charge is 2.07. The maximum atomic E-state index is 11.3. The molecule has 2 N–H and O–H groups in total. The van der Waals surface area contributed by atoms with E-state index in [4.69, 9.17) is 4.42 Å².